The number of hydrogen-bond acceptors (Lipinski definition) is 3. The molecule has 4 nitrogen and oxygen atoms in total. The van der Waals surface area contributed by atoms with Gasteiger partial charge in [0.1, 0.15) is 0 Å². The molecule has 32 heavy (non-hydrogen) atoms. The Kier molecular flexibility index (Phi) is 7.75. The molecule has 0 saturated carbocycles. The van der Waals surface area contributed by atoms with E-state index < -0.39 is 38.4 Å². The summed E-state index contributed by atoms with van der Waals surface area (Å²) in [6.07, 6.45) is -12.5. The lowest BCUT2D eigenvalue weighted by molar-refractivity contribution is -0.348. The molecule has 0 heterocycles. The van der Waals surface area contributed by atoms with Crippen molar-refractivity contribution in [1.29, 1.82) is 0 Å². The normalized spacial score (nSPS) is 12.5. The van der Waals surface area contributed by atoms with Gasteiger partial charge in [-0.1, -0.05) is 6.07 Å². The van der Waals surface area contributed by atoms with E-state index in [4.69, 9.17) is 4.74 Å². The number of ether oxygens (including phenoxy) is 1. The molecular weight excluding hydrogens is 581 g/mol. The van der Waals surface area contributed by atoms with Crippen LogP contribution in [0.25, 0.3) is 0 Å². The Balaban J connectivity index is 2.51. The number of amides is 1. The fourth-order valence-corrected chi connectivity index (χ4v) is 4.21. The van der Waals surface area contributed by atoms with E-state index in [9.17, 15) is 35.5 Å². The Morgan fingerprint density at radius 1 is 1.00 bits per heavy atom. The van der Waals surface area contributed by atoms with E-state index >= 15 is 0 Å². The van der Waals surface area contributed by atoms with E-state index in [0.717, 1.165) is 0 Å². The molecule has 0 atom stereocenters. The summed E-state index contributed by atoms with van der Waals surface area (Å²) in [6.45, 7) is 2.33. The highest BCUT2D eigenvalue weighted by atomic mass is 79.9. The highest BCUT2D eigenvalue weighted by Crippen LogP contribution is 2.54. The summed E-state index contributed by atoms with van der Waals surface area (Å²) in [4.78, 5) is 12.8. The third kappa shape index (κ3) is 4.82. The summed E-state index contributed by atoms with van der Waals surface area (Å²) in [6, 6.07) is 5.23. The van der Waals surface area contributed by atoms with Crippen molar-refractivity contribution in [3.05, 3.63) is 50.4 Å². The van der Waals surface area contributed by atoms with Gasteiger partial charge in [-0.05, 0) is 63.0 Å². The summed E-state index contributed by atoms with van der Waals surface area (Å²) in [5, 5.41) is 5.35. The van der Waals surface area contributed by atoms with Crippen LogP contribution in [0.4, 0.5) is 42.1 Å². The molecule has 1 amide bonds. The molecule has 0 aliphatic rings. The molecular formula is C19H15Br2F7N2O2. The standard InChI is InChI=1S/C19H15Br2F7N2O2/c1-3-29-13-6-4-5-10(15(13)32-2)16(31)30-14-11(20)7-9(8-12(14)21)17(22,18(23,24)25)19(26,27)28/h4-8,29H,3H2,1-2H3,(H,30,31). The van der Waals surface area contributed by atoms with E-state index in [0.29, 0.717) is 24.4 Å². The van der Waals surface area contributed by atoms with Crippen molar-refractivity contribution in [3.8, 4) is 5.75 Å². The van der Waals surface area contributed by atoms with Crippen LogP contribution >= 0.6 is 31.9 Å². The zero-order valence-electron chi connectivity index (χ0n) is 16.3. The highest BCUT2D eigenvalue weighted by Gasteiger charge is 2.73. The van der Waals surface area contributed by atoms with Crippen LogP contribution in [0.2, 0.25) is 0 Å². The minimum Gasteiger partial charge on any atom is -0.494 e. The van der Waals surface area contributed by atoms with Gasteiger partial charge in [-0.15, -0.1) is 0 Å². The lowest BCUT2D eigenvalue weighted by Crippen LogP contribution is -2.50. The highest BCUT2D eigenvalue weighted by molar-refractivity contribution is 9.11. The first kappa shape index (κ1) is 26.2. The summed E-state index contributed by atoms with van der Waals surface area (Å²) in [5.41, 5.74) is -6.99. The van der Waals surface area contributed by atoms with Gasteiger partial charge in [0.15, 0.2) is 5.75 Å². The molecule has 2 N–H and O–H groups in total. The van der Waals surface area contributed by atoms with Crippen molar-refractivity contribution >= 4 is 49.1 Å². The number of carbonyl (C=O) groups is 1. The van der Waals surface area contributed by atoms with Crippen LogP contribution in [0.3, 0.4) is 0 Å². The van der Waals surface area contributed by atoms with Gasteiger partial charge in [0, 0.05) is 21.1 Å². The molecule has 0 saturated heterocycles. The Morgan fingerprint density at radius 2 is 1.53 bits per heavy atom. The van der Waals surface area contributed by atoms with Crippen molar-refractivity contribution in [1.82, 2.24) is 0 Å². The molecule has 0 aliphatic heterocycles. The zero-order chi connectivity index (χ0) is 24.5. The van der Waals surface area contributed by atoms with Gasteiger partial charge < -0.3 is 15.4 Å². The maximum atomic E-state index is 14.4. The summed E-state index contributed by atoms with van der Waals surface area (Å²) >= 11 is 5.62. The van der Waals surface area contributed by atoms with Crippen molar-refractivity contribution < 1.29 is 40.3 Å². The fourth-order valence-electron chi connectivity index (χ4n) is 2.83. The number of carbonyl (C=O) groups excluding carboxylic acids is 1. The van der Waals surface area contributed by atoms with Crippen molar-refractivity contribution in [2.45, 2.75) is 24.9 Å². The first-order chi connectivity index (χ1) is 14.7. The number of anilines is 2. The number of para-hydroxylation sites is 1. The molecule has 2 aromatic carbocycles. The van der Waals surface area contributed by atoms with Gasteiger partial charge >= 0.3 is 18.0 Å². The van der Waals surface area contributed by atoms with Crippen molar-refractivity contribution in [3.63, 3.8) is 0 Å². The molecule has 2 rings (SSSR count). The number of hydrogen-bond donors (Lipinski definition) is 2. The molecule has 0 spiro atoms. The maximum Gasteiger partial charge on any atom is 0.435 e. The van der Waals surface area contributed by atoms with E-state index in [2.05, 4.69) is 42.5 Å². The quantitative estimate of drug-likeness (QED) is 0.348. The molecule has 2 aromatic rings. The Bertz CT molecular complexity index is 973. The monoisotopic (exact) mass is 594 g/mol. The van der Waals surface area contributed by atoms with E-state index in [1.54, 1.807) is 12.1 Å². The van der Waals surface area contributed by atoms with Crippen molar-refractivity contribution in [2.24, 2.45) is 0 Å². The minimum atomic E-state index is -6.27. The summed E-state index contributed by atoms with van der Waals surface area (Å²) in [7, 11) is 1.32. The molecule has 0 radical (unpaired) electrons. The molecule has 0 unspecified atom stereocenters. The topological polar surface area (TPSA) is 50.4 Å². The van der Waals surface area contributed by atoms with Gasteiger partial charge in [0.2, 0.25) is 0 Å². The van der Waals surface area contributed by atoms with E-state index in [1.165, 1.54) is 13.2 Å². The third-order valence-corrected chi connectivity index (χ3v) is 5.54. The van der Waals surface area contributed by atoms with Crippen molar-refractivity contribution in [2.75, 3.05) is 24.3 Å². The predicted molar refractivity (Wildman–Crippen MR) is 112 cm³/mol. The van der Waals surface area contributed by atoms with Gasteiger partial charge in [-0.2, -0.15) is 26.3 Å². The zero-order valence-corrected chi connectivity index (χ0v) is 19.5. The van der Waals surface area contributed by atoms with Gasteiger partial charge in [0.05, 0.1) is 24.0 Å². The van der Waals surface area contributed by atoms with Crippen LogP contribution in [0.1, 0.15) is 22.8 Å². The summed E-state index contributed by atoms with van der Waals surface area (Å²) < 4.78 is 97.1. The lowest BCUT2D eigenvalue weighted by atomic mass is 9.94. The fraction of sp³-hybridized carbons (Fsp3) is 0.316. The number of benzene rings is 2. The SMILES string of the molecule is CCNc1cccc(C(=O)Nc2c(Br)cc(C(F)(C(F)(F)F)C(F)(F)F)cc2Br)c1OC. The first-order valence-corrected chi connectivity index (χ1v) is 10.3. The molecule has 0 fully saturated rings. The number of methoxy groups -OCH3 is 1. The molecule has 0 aliphatic carbocycles. The van der Waals surface area contributed by atoms with Gasteiger partial charge in [-0.3, -0.25) is 4.79 Å². The second kappa shape index (κ2) is 9.46. The largest absolute Gasteiger partial charge is 0.494 e. The van der Waals surface area contributed by atoms with Crippen LogP contribution in [-0.2, 0) is 5.67 Å². The maximum absolute atomic E-state index is 14.4. The average molecular weight is 596 g/mol. The van der Waals surface area contributed by atoms with E-state index in [-0.39, 0.29) is 17.0 Å². The lowest BCUT2D eigenvalue weighted by Gasteiger charge is -2.31. The second-order valence-corrected chi connectivity index (χ2v) is 8.05. The molecule has 0 aromatic heterocycles. The molecule has 0 bridgehead atoms. The summed E-state index contributed by atoms with van der Waals surface area (Å²) in [5.74, 6) is -0.596. The van der Waals surface area contributed by atoms with Crippen LogP contribution in [0.15, 0.2) is 39.3 Å². The smallest absolute Gasteiger partial charge is 0.435 e. The van der Waals surface area contributed by atoms with E-state index in [1.807, 2.05) is 6.92 Å². The van der Waals surface area contributed by atoms with Crippen LogP contribution in [0.5, 0.6) is 5.75 Å². The van der Waals surface area contributed by atoms with Crippen LogP contribution < -0.4 is 15.4 Å². The molecule has 13 heteroatoms. The predicted octanol–water partition coefficient (Wildman–Crippen LogP) is 7.19. The van der Waals surface area contributed by atoms with Crippen LogP contribution in [-0.4, -0.2) is 31.9 Å². The Labute approximate surface area is 194 Å². The second-order valence-electron chi connectivity index (χ2n) is 6.34. The van der Waals surface area contributed by atoms with Crippen LogP contribution in [0, 0.1) is 0 Å². The third-order valence-electron chi connectivity index (χ3n) is 4.29. The first-order valence-electron chi connectivity index (χ1n) is 8.73. The number of nitrogens with one attached hydrogen (secondary N) is 2. The molecule has 176 valence electrons. The number of halogens is 9. The number of rotatable bonds is 6. The van der Waals surface area contributed by atoms with Gasteiger partial charge in [0.25, 0.3) is 5.91 Å². The number of alkyl halides is 7. The Morgan fingerprint density at radius 3 is 1.97 bits per heavy atom. The minimum absolute atomic E-state index is 0.0410. The Hall–Kier alpha value is -2.02. The average Bonchev–Trinajstić information content (AvgIpc) is 2.68. The van der Waals surface area contributed by atoms with Gasteiger partial charge in [-0.25, -0.2) is 4.39 Å².